The van der Waals surface area contributed by atoms with Crippen molar-refractivity contribution in [1.82, 2.24) is 0 Å². The highest BCUT2D eigenvalue weighted by Crippen LogP contribution is 2.38. The van der Waals surface area contributed by atoms with Gasteiger partial charge in [0.15, 0.2) is 5.78 Å². The third-order valence-corrected chi connectivity index (χ3v) is 3.04. The zero-order chi connectivity index (χ0) is 11.3. The van der Waals surface area contributed by atoms with E-state index in [1.165, 1.54) is 0 Å². The fourth-order valence-electron chi connectivity index (χ4n) is 2.07. The molecule has 0 heterocycles. The molecule has 0 saturated carbocycles. The van der Waals surface area contributed by atoms with E-state index in [1.54, 1.807) is 24.3 Å². The lowest BCUT2D eigenvalue weighted by Crippen LogP contribution is -1.96. The van der Waals surface area contributed by atoms with Crippen LogP contribution in [-0.4, -0.2) is 5.78 Å². The molecular weight excluding hydrogens is 222 g/mol. The van der Waals surface area contributed by atoms with Gasteiger partial charge < -0.3 is 5.73 Å². The minimum atomic E-state index is -0.000185. The number of hydrogen-bond acceptors (Lipinski definition) is 2. The lowest BCUT2D eigenvalue weighted by molar-refractivity contribution is 0.104. The number of carbonyl (C=O) groups excluding carboxylic acids is 1. The summed E-state index contributed by atoms with van der Waals surface area (Å²) < 4.78 is 0. The van der Waals surface area contributed by atoms with Crippen LogP contribution < -0.4 is 5.73 Å². The second-order valence-electron chi connectivity index (χ2n) is 3.82. The first kappa shape index (κ1) is 9.43. The monoisotopic (exact) mass is 229 g/mol. The van der Waals surface area contributed by atoms with Gasteiger partial charge in [0, 0.05) is 21.8 Å². The van der Waals surface area contributed by atoms with Crippen LogP contribution in [0.15, 0.2) is 36.4 Å². The molecule has 1 aliphatic rings. The Morgan fingerprint density at radius 3 is 2.25 bits per heavy atom. The molecule has 16 heavy (non-hydrogen) atoms. The minimum Gasteiger partial charge on any atom is -0.399 e. The smallest absolute Gasteiger partial charge is 0.194 e. The van der Waals surface area contributed by atoms with Gasteiger partial charge in [-0.05, 0) is 35.4 Å². The second-order valence-corrected chi connectivity index (χ2v) is 4.26. The van der Waals surface area contributed by atoms with Gasteiger partial charge in [0.1, 0.15) is 0 Å². The average Bonchev–Trinajstić information content (AvgIpc) is 2.53. The number of carbonyl (C=O) groups is 1. The van der Waals surface area contributed by atoms with Crippen molar-refractivity contribution >= 4 is 23.1 Å². The van der Waals surface area contributed by atoms with Gasteiger partial charge in [-0.2, -0.15) is 0 Å². The first-order valence-electron chi connectivity index (χ1n) is 4.91. The van der Waals surface area contributed by atoms with Gasteiger partial charge in [-0.15, -0.1) is 0 Å². The summed E-state index contributed by atoms with van der Waals surface area (Å²) in [6.45, 7) is 0. The molecule has 0 fully saturated rings. The zero-order valence-corrected chi connectivity index (χ0v) is 9.08. The molecule has 1 aliphatic carbocycles. The third-order valence-electron chi connectivity index (χ3n) is 2.80. The summed E-state index contributed by atoms with van der Waals surface area (Å²) in [6, 6.07) is 10.8. The molecule has 2 N–H and O–H groups in total. The van der Waals surface area contributed by atoms with Crippen LogP contribution in [0, 0.1) is 0 Å². The molecule has 3 rings (SSSR count). The van der Waals surface area contributed by atoms with Gasteiger partial charge in [-0.3, -0.25) is 4.79 Å². The molecule has 2 aromatic rings. The number of anilines is 1. The highest BCUT2D eigenvalue weighted by Gasteiger charge is 2.26. The van der Waals surface area contributed by atoms with E-state index < -0.39 is 0 Å². The van der Waals surface area contributed by atoms with Crippen molar-refractivity contribution < 1.29 is 4.79 Å². The van der Waals surface area contributed by atoms with Crippen molar-refractivity contribution in [2.45, 2.75) is 0 Å². The van der Waals surface area contributed by atoms with Crippen molar-refractivity contribution in [3.8, 4) is 11.1 Å². The first-order valence-corrected chi connectivity index (χ1v) is 5.29. The Bertz CT molecular complexity index is 566. The maximum atomic E-state index is 12.1. The number of ketones is 1. The molecule has 2 nitrogen and oxygen atoms in total. The van der Waals surface area contributed by atoms with Gasteiger partial charge >= 0.3 is 0 Å². The predicted octanol–water partition coefficient (Wildman–Crippen LogP) is 3.13. The molecule has 0 amide bonds. The van der Waals surface area contributed by atoms with Crippen LogP contribution in [0.5, 0.6) is 0 Å². The minimum absolute atomic E-state index is 0.000185. The SMILES string of the molecule is Nc1ccc2c(c1)C(=O)c1cc(Cl)ccc1-2. The predicted molar refractivity (Wildman–Crippen MR) is 64.7 cm³/mol. The highest BCUT2D eigenvalue weighted by atomic mass is 35.5. The Morgan fingerprint density at radius 1 is 0.875 bits per heavy atom. The summed E-state index contributed by atoms with van der Waals surface area (Å²) in [6.07, 6.45) is 0. The van der Waals surface area contributed by atoms with Crippen LogP contribution in [0.3, 0.4) is 0 Å². The fourth-order valence-corrected chi connectivity index (χ4v) is 2.24. The molecule has 0 radical (unpaired) electrons. The number of hydrogen-bond donors (Lipinski definition) is 1. The molecule has 0 atom stereocenters. The van der Waals surface area contributed by atoms with Crippen LogP contribution in [0.1, 0.15) is 15.9 Å². The lowest BCUT2D eigenvalue weighted by atomic mass is 10.1. The van der Waals surface area contributed by atoms with Gasteiger partial charge in [-0.1, -0.05) is 23.7 Å². The average molecular weight is 230 g/mol. The molecule has 0 aliphatic heterocycles. The van der Waals surface area contributed by atoms with Crippen molar-refractivity contribution in [3.63, 3.8) is 0 Å². The van der Waals surface area contributed by atoms with E-state index >= 15 is 0 Å². The number of rotatable bonds is 0. The quantitative estimate of drug-likeness (QED) is 0.602. The van der Waals surface area contributed by atoms with Gasteiger partial charge in [0.25, 0.3) is 0 Å². The topological polar surface area (TPSA) is 43.1 Å². The van der Waals surface area contributed by atoms with Crippen LogP contribution in [-0.2, 0) is 0 Å². The highest BCUT2D eigenvalue weighted by molar-refractivity contribution is 6.32. The molecule has 2 aromatic carbocycles. The van der Waals surface area contributed by atoms with Crippen LogP contribution >= 0.6 is 11.6 Å². The summed E-state index contributed by atoms with van der Waals surface area (Å²) >= 11 is 5.89. The molecule has 0 saturated heterocycles. The Morgan fingerprint density at radius 2 is 1.50 bits per heavy atom. The van der Waals surface area contributed by atoms with E-state index in [0.717, 1.165) is 11.1 Å². The van der Waals surface area contributed by atoms with Crippen LogP contribution in [0.2, 0.25) is 5.02 Å². The molecule has 0 aromatic heterocycles. The Labute approximate surface area is 97.7 Å². The van der Waals surface area contributed by atoms with Gasteiger partial charge in [-0.25, -0.2) is 0 Å². The van der Waals surface area contributed by atoms with Crippen molar-refractivity contribution in [1.29, 1.82) is 0 Å². The fraction of sp³-hybridized carbons (Fsp3) is 0. The van der Waals surface area contributed by atoms with Crippen molar-refractivity contribution in [2.75, 3.05) is 5.73 Å². The molecule has 0 spiro atoms. The zero-order valence-electron chi connectivity index (χ0n) is 8.33. The molecule has 0 unspecified atom stereocenters. The van der Waals surface area contributed by atoms with E-state index in [4.69, 9.17) is 17.3 Å². The van der Waals surface area contributed by atoms with E-state index in [1.807, 2.05) is 12.1 Å². The second kappa shape index (κ2) is 3.09. The number of fused-ring (bicyclic) bond motifs is 3. The molecule has 78 valence electrons. The van der Waals surface area contributed by atoms with Crippen LogP contribution in [0.25, 0.3) is 11.1 Å². The first-order chi connectivity index (χ1) is 7.66. The standard InChI is InChI=1S/C13H8ClNO/c14-7-1-3-9-10-4-2-8(15)6-12(10)13(16)11(9)5-7/h1-6H,15H2. The summed E-state index contributed by atoms with van der Waals surface area (Å²) in [5, 5.41) is 0.577. The third kappa shape index (κ3) is 1.17. The maximum Gasteiger partial charge on any atom is 0.194 e. The molecular formula is C13H8ClNO. The Balaban J connectivity index is 2.34. The van der Waals surface area contributed by atoms with Crippen LogP contribution in [0.4, 0.5) is 5.69 Å². The largest absolute Gasteiger partial charge is 0.399 e. The van der Waals surface area contributed by atoms with E-state index in [2.05, 4.69) is 0 Å². The summed E-state index contributed by atoms with van der Waals surface area (Å²) in [5.74, 6) is -0.000185. The number of benzene rings is 2. The Kier molecular flexibility index (Phi) is 1.82. The van der Waals surface area contributed by atoms with E-state index in [-0.39, 0.29) is 5.78 Å². The van der Waals surface area contributed by atoms with E-state index in [9.17, 15) is 4.79 Å². The van der Waals surface area contributed by atoms with Gasteiger partial charge in [0.2, 0.25) is 0 Å². The maximum absolute atomic E-state index is 12.1. The van der Waals surface area contributed by atoms with Crippen molar-refractivity contribution in [2.24, 2.45) is 0 Å². The summed E-state index contributed by atoms with van der Waals surface area (Å²) in [4.78, 5) is 12.1. The molecule has 0 bridgehead atoms. The number of nitrogen functional groups attached to an aromatic ring is 1. The number of nitrogens with two attached hydrogens (primary N) is 1. The normalized spacial score (nSPS) is 12.4. The number of halogens is 1. The lowest BCUT2D eigenvalue weighted by Gasteiger charge is -2.00. The van der Waals surface area contributed by atoms with Gasteiger partial charge in [0.05, 0.1) is 0 Å². The molecule has 3 heteroatoms. The van der Waals surface area contributed by atoms with Crippen molar-refractivity contribution in [3.05, 3.63) is 52.5 Å². The summed E-state index contributed by atoms with van der Waals surface area (Å²) in [5.41, 5.74) is 9.48. The Hall–Kier alpha value is -1.80. The summed E-state index contributed by atoms with van der Waals surface area (Å²) in [7, 11) is 0. The van der Waals surface area contributed by atoms with E-state index in [0.29, 0.717) is 21.8 Å².